The van der Waals surface area contributed by atoms with E-state index in [0.29, 0.717) is 33.4 Å². The van der Waals surface area contributed by atoms with Gasteiger partial charge in [-0.15, -0.1) is 0 Å². The van der Waals surface area contributed by atoms with Crippen LogP contribution in [-0.4, -0.2) is 16.5 Å². The Bertz CT molecular complexity index is 812. The Kier molecular flexibility index (Phi) is 11.6. The molecule has 2 nitrogen and oxygen atoms in total. The number of aliphatic hydroxyl groups is 2. The van der Waals surface area contributed by atoms with Gasteiger partial charge >= 0.3 is 0 Å². The average molecular weight is 407 g/mol. The van der Waals surface area contributed by atoms with Gasteiger partial charge in [0.25, 0.3) is 0 Å². The van der Waals surface area contributed by atoms with E-state index in [2.05, 4.69) is 72.7 Å². The van der Waals surface area contributed by atoms with Crippen LogP contribution >= 0.6 is 0 Å². The van der Waals surface area contributed by atoms with Crippen LogP contribution in [0.3, 0.4) is 0 Å². The molecule has 0 aromatic heterocycles. The molecular formula is C28H38O2. The summed E-state index contributed by atoms with van der Waals surface area (Å²) in [5, 5.41) is 18.6. The van der Waals surface area contributed by atoms with E-state index in [-0.39, 0.29) is 11.1 Å². The van der Waals surface area contributed by atoms with Gasteiger partial charge in [-0.3, -0.25) is 0 Å². The SMILES string of the molecule is C=C(CCCCCCC)C(=C)C(=C)C(=C)C(=C)C(=C)C(=C)C(=C)C(=C)C(=C)C(O)O. The molecular weight excluding hydrogens is 368 g/mol. The topological polar surface area (TPSA) is 40.5 Å². The highest BCUT2D eigenvalue weighted by molar-refractivity contribution is 5.69. The van der Waals surface area contributed by atoms with Crippen LogP contribution in [0.15, 0.2) is 122 Å². The second kappa shape index (κ2) is 12.8. The fourth-order valence-corrected chi connectivity index (χ4v) is 2.75. The minimum absolute atomic E-state index is 0.0476. The summed E-state index contributed by atoms with van der Waals surface area (Å²) >= 11 is 0. The van der Waals surface area contributed by atoms with Crippen molar-refractivity contribution in [3.8, 4) is 0 Å². The van der Waals surface area contributed by atoms with Crippen LogP contribution in [0, 0.1) is 0 Å². The maximum Gasteiger partial charge on any atom is 0.178 e. The first kappa shape index (κ1) is 27.3. The Morgan fingerprint density at radius 3 is 1.30 bits per heavy atom. The highest BCUT2D eigenvalue weighted by Crippen LogP contribution is 2.35. The second-order valence-corrected chi connectivity index (χ2v) is 7.50. The van der Waals surface area contributed by atoms with E-state index in [4.69, 9.17) is 0 Å². The van der Waals surface area contributed by atoms with Crippen molar-refractivity contribution in [3.63, 3.8) is 0 Å². The molecule has 0 aliphatic rings. The third-order valence-corrected chi connectivity index (χ3v) is 5.26. The number of rotatable bonds is 16. The van der Waals surface area contributed by atoms with Crippen molar-refractivity contribution in [1.82, 2.24) is 0 Å². The molecule has 2 N–H and O–H groups in total. The quantitative estimate of drug-likeness (QED) is 0.161. The molecule has 0 rings (SSSR count). The molecule has 0 aliphatic carbocycles. The van der Waals surface area contributed by atoms with Gasteiger partial charge in [-0.2, -0.15) is 0 Å². The fourth-order valence-electron chi connectivity index (χ4n) is 2.75. The molecule has 0 radical (unpaired) electrons. The van der Waals surface area contributed by atoms with Crippen molar-refractivity contribution in [2.24, 2.45) is 0 Å². The van der Waals surface area contributed by atoms with Crippen molar-refractivity contribution in [2.75, 3.05) is 0 Å². The van der Waals surface area contributed by atoms with Crippen molar-refractivity contribution in [3.05, 3.63) is 122 Å². The third-order valence-electron chi connectivity index (χ3n) is 5.26. The summed E-state index contributed by atoms with van der Waals surface area (Å²) in [6.45, 7) is 42.1. The number of hydrogen-bond acceptors (Lipinski definition) is 2. The highest BCUT2D eigenvalue weighted by Gasteiger charge is 2.18. The fraction of sp³-hybridized carbons (Fsp3) is 0.286. The van der Waals surface area contributed by atoms with Gasteiger partial charge in [0.1, 0.15) is 0 Å². The summed E-state index contributed by atoms with van der Waals surface area (Å²) in [6, 6.07) is 0. The van der Waals surface area contributed by atoms with Gasteiger partial charge in [-0.05, 0) is 63.0 Å². The summed E-state index contributed by atoms with van der Waals surface area (Å²) in [5.74, 6) is 0. The molecule has 0 aromatic rings. The maximum atomic E-state index is 9.29. The van der Waals surface area contributed by atoms with Crippen LogP contribution in [0.4, 0.5) is 0 Å². The van der Waals surface area contributed by atoms with Gasteiger partial charge < -0.3 is 10.2 Å². The first-order valence-corrected chi connectivity index (χ1v) is 10.2. The predicted molar refractivity (Wildman–Crippen MR) is 133 cm³/mol. The molecule has 0 atom stereocenters. The van der Waals surface area contributed by atoms with Crippen LogP contribution < -0.4 is 0 Å². The monoisotopic (exact) mass is 406 g/mol. The molecule has 0 saturated heterocycles. The Morgan fingerprint density at radius 1 is 0.533 bits per heavy atom. The van der Waals surface area contributed by atoms with Crippen LogP contribution in [0.1, 0.15) is 45.4 Å². The molecule has 2 heteroatoms. The second-order valence-electron chi connectivity index (χ2n) is 7.50. The molecule has 162 valence electrons. The third kappa shape index (κ3) is 7.62. The molecule has 30 heavy (non-hydrogen) atoms. The van der Waals surface area contributed by atoms with Crippen molar-refractivity contribution in [1.29, 1.82) is 0 Å². The minimum atomic E-state index is -1.72. The molecule has 0 aliphatic heterocycles. The summed E-state index contributed by atoms with van der Waals surface area (Å²) in [7, 11) is 0. The number of aliphatic hydroxyl groups excluding tert-OH is 1. The summed E-state index contributed by atoms with van der Waals surface area (Å²) in [5.41, 5.74) is 5.20. The van der Waals surface area contributed by atoms with E-state index >= 15 is 0 Å². The van der Waals surface area contributed by atoms with E-state index in [0.717, 1.165) is 24.0 Å². The van der Waals surface area contributed by atoms with Crippen LogP contribution in [-0.2, 0) is 0 Å². The minimum Gasteiger partial charge on any atom is -0.364 e. The van der Waals surface area contributed by atoms with E-state index in [9.17, 15) is 10.2 Å². The standard InChI is InChI=1S/C28H38O2/c1-12-13-14-15-16-17-18(2)19(3)20(4)21(5)22(6)23(7)24(8)25(9)26(10)27(11)28(29)30/h28-30H,2-17H2,1H3. The number of hydrogen-bond donors (Lipinski definition) is 2. The van der Waals surface area contributed by atoms with Gasteiger partial charge in [0.2, 0.25) is 0 Å². The van der Waals surface area contributed by atoms with Crippen molar-refractivity contribution >= 4 is 0 Å². The lowest BCUT2D eigenvalue weighted by molar-refractivity contribution is -0.00527. The molecule has 0 bridgehead atoms. The van der Waals surface area contributed by atoms with Crippen molar-refractivity contribution in [2.45, 2.75) is 51.7 Å². The van der Waals surface area contributed by atoms with Crippen molar-refractivity contribution < 1.29 is 10.2 Å². The molecule has 0 saturated carbocycles. The first-order chi connectivity index (χ1) is 13.9. The van der Waals surface area contributed by atoms with Gasteiger partial charge in [-0.25, -0.2) is 0 Å². The van der Waals surface area contributed by atoms with Gasteiger partial charge in [0.05, 0.1) is 0 Å². The summed E-state index contributed by atoms with van der Waals surface area (Å²) < 4.78 is 0. The molecule has 0 heterocycles. The lowest BCUT2D eigenvalue weighted by Gasteiger charge is -2.21. The number of allylic oxidation sites excluding steroid dienone is 8. The molecule has 0 unspecified atom stereocenters. The van der Waals surface area contributed by atoms with Crippen LogP contribution in [0.5, 0.6) is 0 Å². The van der Waals surface area contributed by atoms with E-state index in [1.165, 1.54) is 25.7 Å². The summed E-state index contributed by atoms with van der Waals surface area (Å²) in [6.07, 6.45) is 5.11. The van der Waals surface area contributed by atoms with E-state index in [1.807, 2.05) is 0 Å². The highest BCUT2D eigenvalue weighted by atomic mass is 16.5. The lowest BCUT2D eigenvalue weighted by atomic mass is 9.83. The normalized spacial score (nSPS) is 10.3. The van der Waals surface area contributed by atoms with Crippen LogP contribution in [0.25, 0.3) is 0 Å². The van der Waals surface area contributed by atoms with Gasteiger partial charge in [0, 0.05) is 5.57 Å². The Balaban J connectivity index is 5.03. The predicted octanol–water partition coefficient (Wildman–Crippen LogP) is 7.22. The average Bonchev–Trinajstić information content (AvgIpc) is 2.73. The zero-order chi connectivity index (χ0) is 23.6. The smallest absolute Gasteiger partial charge is 0.178 e. The number of unbranched alkanes of at least 4 members (excludes halogenated alkanes) is 4. The van der Waals surface area contributed by atoms with Gasteiger partial charge in [0.15, 0.2) is 6.29 Å². The van der Waals surface area contributed by atoms with Gasteiger partial charge in [-0.1, -0.05) is 98.4 Å². The van der Waals surface area contributed by atoms with E-state index in [1.54, 1.807) is 0 Å². The molecule has 0 spiro atoms. The summed E-state index contributed by atoms with van der Waals surface area (Å²) in [4.78, 5) is 0. The zero-order valence-corrected chi connectivity index (χ0v) is 18.8. The zero-order valence-electron chi connectivity index (χ0n) is 18.8. The molecule has 0 aromatic carbocycles. The molecule has 0 amide bonds. The lowest BCUT2D eigenvalue weighted by Crippen LogP contribution is -2.11. The van der Waals surface area contributed by atoms with Crippen LogP contribution in [0.2, 0.25) is 0 Å². The van der Waals surface area contributed by atoms with E-state index < -0.39 is 6.29 Å². The Morgan fingerprint density at radius 2 is 0.900 bits per heavy atom. The maximum absolute atomic E-state index is 9.29. The molecule has 0 fully saturated rings. The Labute approximate surface area is 183 Å². The largest absolute Gasteiger partial charge is 0.364 e. The first-order valence-electron chi connectivity index (χ1n) is 10.2. The Hall–Kier alpha value is -2.68.